The predicted molar refractivity (Wildman–Crippen MR) is 108 cm³/mol. The minimum absolute atomic E-state index is 0.0107. The van der Waals surface area contributed by atoms with Gasteiger partial charge in [-0.1, -0.05) is 12.1 Å². The number of aryl methyl sites for hydroxylation is 1. The van der Waals surface area contributed by atoms with Gasteiger partial charge in [0.05, 0.1) is 13.2 Å². The van der Waals surface area contributed by atoms with Crippen LogP contribution in [0.5, 0.6) is 11.5 Å². The Morgan fingerprint density at radius 2 is 1.74 bits per heavy atom. The summed E-state index contributed by atoms with van der Waals surface area (Å²) in [5.74, 6) is 1.48. The maximum atomic E-state index is 12.5. The van der Waals surface area contributed by atoms with Gasteiger partial charge in [0, 0.05) is 11.3 Å². The van der Waals surface area contributed by atoms with Gasteiger partial charge in [-0.25, -0.2) is 0 Å². The van der Waals surface area contributed by atoms with Gasteiger partial charge in [-0.3, -0.25) is 4.79 Å². The second kappa shape index (κ2) is 9.97. The Morgan fingerprint density at radius 1 is 1.04 bits per heavy atom. The second-order valence-corrected chi connectivity index (χ2v) is 6.70. The van der Waals surface area contributed by atoms with E-state index in [0.717, 1.165) is 28.3 Å². The van der Waals surface area contributed by atoms with Crippen molar-refractivity contribution in [1.82, 2.24) is 0 Å². The summed E-state index contributed by atoms with van der Waals surface area (Å²) in [6.45, 7) is 11.1. The number of ether oxygens (including phenoxy) is 2. The molecule has 5 heteroatoms. The molecule has 0 aliphatic heterocycles. The first kappa shape index (κ1) is 20.8. The summed E-state index contributed by atoms with van der Waals surface area (Å²) in [5.41, 5.74) is 3.04. The van der Waals surface area contributed by atoms with Gasteiger partial charge in [-0.15, -0.1) is 0 Å². The van der Waals surface area contributed by atoms with Crippen molar-refractivity contribution in [2.75, 3.05) is 18.5 Å². The Bertz CT molecular complexity index is 761. The molecule has 1 amide bonds. The Labute approximate surface area is 162 Å². The van der Waals surface area contributed by atoms with Crippen molar-refractivity contribution in [2.45, 2.75) is 46.7 Å². The van der Waals surface area contributed by atoms with Crippen molar-refractivity contribution in [2.24, 2.45) is 0 Å². The van der Waals surface area contributed by atoms with E-state index in [9.17, 15) is 4.79 Å². The number of benzene rings is 2. The smallest absolute Gasteiger partial charge is 0.282 e. The minimum Gasteiger partial charge on any atom is -0.490 e. The van der Waals surface area contributed by atoms with Crippen molar-refractivity contribution in [3.63, 3.8) is 0 Å². The van der Waals surface area contributed by atoms with Crippen LogP contribution in [0, 0.1) is 6.92 Å². The lowest BCUT2D eigenvalue weighted by Gasteiger charge is -2.19. The molecule has 0 radical (unpaired) electrons. The van der Waals surface area contributed by atoms with Crippen molar-refractivity contribution < 1.29 is 19.6 Å². The highest BCUT2D eigenvalue weighted by Crippen LogP contribution is 2.30. The summed E-state index contributed by atoms with van der Waals surface area (Å²) in [7, 11) is 0. The summed E-state index contributed by atoms with van der Waals surface area (Å²) in [6.07, 6.45) is 0. The molecule has 2 rings (SSSR count). The molecule has 0 saturated heterocycles. The topological polar surface area (TPSA) is 64.2 Å². The number of hydrogen-bond acceptors (Lipinski definition) is 3. The Morgan fingerprint density at radius 3 is 2.41 bits per heavy atom. The second-order valence-electron chi connectivity index (χ2n) is 6.70. The van der Waals surface area contributed by atoms with Crippen molar-refractivity contribution in [1.29, 1.82) is 0 Å². The highest BCUT2D eigenvalue weighted by Gasteiger charge is 2.21. The zero-order chi connectivity index (χ0) is 19.8. The van der Waals surface area contributed by atoms with Gasteiger partial charge >= 0.3 is 0 Å². The number of rotatable bonds is 9. The zero-order valence-electron chi connectivity index (χ0n) is 16.9. The van der Waals surface area contributed by atoms with Crippen molar-refractivity contribution in [3.8, 4) is 11.5 Å². The molecule has 0 saturated carbocycles. The van der Waals surface area contributed by atoms with Gasteiger partial charge in [-0.2, -0.15) is 0 Å². The predicted octanol–water partition coefficient (Wildman–Crippen LogP) is 3.44. The number of quaternary nitrogens is 1. The molecule has 0 heterocycles. The molecule has 0 aliphatic carbocycles. The first-order valence-electron chi connectivity index (χ1n) is 9.56. The fourth-order valence-electron chi connectivity index (χ4n) is 2.96. The largest absolute Gasteiger partial charge is 0.490 e. The number of carbonyl (C=O) groups excluding carboxylic acids is 1. The molecule has 0 fully saturated rings. The molecule has 0 spiro atoms. The van der Waals surface area contributed by atoms with Gasteiger partial charge in [0.15, 0.2) is 17.5 Å². The van der Waals surface area contributed by atoms with E-state index >= 15 is 0 Å². The molecular weight excluding hydrogens is 340 g/mol. The lowest BCUT2D eigenvalue weighted by Crippen LogP contribution is -2.91. The normalized spacial score (nSPS) is 12.9. The molecule has 27 heavy (non-hydrogen) atoms. The third-order valence-electron chi connectivity index (χ3n) is 4.37. The Kier molecular flexibility index (Phi) is 7.67. The lowest BCUT2D eigenvalue weighted by atomic mass is 10.1. The maximum Gasteiger partial charge on any atom is 0.282 e. The van der Waals surface area contributed by atoms with E-state index in [2.05, 4.69) is 17.6 Å². The standard InChI is InChI=1S/C22H30N2O3/c1-6-26-20-12-11-18(14-21(20)27-7-2)16(4)23-17(5)22(25)24-19-10-8-9-15(3)13-19/h8-14,16-17,23H,6-7H2,1-5H3,(H,24,25)/p+1/t16-,17-/m1/s1. The molecular formula is C22H31N2O3+. The van der Waals surface area contributed by atoms with Gasteiger partial charge in [0.1, 0.15) is 6.04 Å². The Hall–Kier alpha value is -2.53. The molecule has 0 bridgehead atoms. The van der Waals surface area contributed by atoms with E-state index in [0.29, 0.717) is 13.2 Å². The number of nitrogens with two attached hydrogens (primary N) is 1. The van der Waals surface area contributed by atoms with Gasteiger partial charge in [0.25, 0.3) is 5.91 Å². The van der Waals surface area contributed by atoms with E-state index < -0.39 is 0 Å². The van der Waals surface area contributed by atoms with Gasteiger partial charge in [-0.05, 0) is 70.5 Å². The molecule has 0 unspecified atom stereocenters. The summed E-state index contributed by atoms with van der Waals surface area (Å²) in [6, 6.07) is 13.7. The Balaban J connectivity index is 2.03. The van der Waals surface area contributed by atoms with E-state index in [1.807, 2.05) is 70.2 Å². The number of carbonyl (C=O) groups is 1. The highest BCUT2D eigenvalue weighted by molar-refractivity contribution is 5.93. The molecule has 2 aromatic rings. The molecule has 0 aromatic heterocycles. The van der Waals surface area contributed by atoms with Crippen LogP contribution in [0.4, 0.5) is 5.69 Å². The fourth-order valence-corrected chi connectivity index (χ4v) is 2.96. The average Bonchev–Trinajstić information content (AvgIpc) is 2.63. The maximum absolute atomic E-state index is 12.5. The number of amides is 1. The first-order valence-corrected chi connectivity index (χ1v) is 9.56. The monoisotopic (exact) mass is 371 g/mol. The molecule has 0 aliphatic rings. The van der Waals surface area contributed by atoms with E-state index in [-0.39, 0.29) is 18.0 Å². The summed E-state index contributed by atoms with van der Waals surface area (Å²) < 4.78 is 11.3. The molecule has 5 nitrogen and oxygen atoms in total. The van der Waals surface area contributed by atoms with Crippen LogP contribution in [-0.4, -0.2) is 25.2 Å². The van der Waals surface area contributed by atoms with E-state index in [4.69, 9.17) is 9.47 Å². The third-order valence-corrected chi connectivity index (χ3v) is 4.37. The van der Waals surface area contributed by atoms with Crippen LogP contribution in [0.2, 0.25) is 0 Å². The summed E-state index contributed by atoms with van der Waals surface area (Å²) in [4.78, 5) is 12.5. The van der Waals surface area contributed by atoms with Crippen molar-refractivity contribution in [3.05, 3.63) is 53.6 Å². The third kappa shape index (κ3) is 6.00. The van der Waals surface area contributed by atoms with E-state index in [1.54, 1.807) is 0 Å². The summed E-state index contributed by atoms with van der Waals surface area (Å²) in [5, 5.41) is 5.03. The highest BCUT2D eigenvalue weighted by atomic mass is 16.5. The SMILES string of the molecule is CCOc1ccc([C@@H](C)[NH2+][C@H](C)C(=O)Nc2cccc(C)c2)cc1OCC. The number of nitrogens with one attached hydrogen (secondary N) is 1. The number of hydrogen-bond donors (Lipinski definition) is 2. The van der Waals surface area contributed by atoms with Gasteiger partial charge in [0.2, 0.25) is 0 Å². The number of anilines is 1. The van der Waals surface area contributed by atoms with E-state index in [1.165, 1.54) is 0 Å². The zero-order valence-corrected chi connectivity index (χ0v) is 16.9. The van der Waals surface area contributed by atoms with Gasteiger partial charge < -0.3 is 20.1 Å². The van der Waals surface area contributed by atoms with Crippen LogP contribution in [0.3, 0.4) is 0 Å². The molecule has 3 N–H and O–H groups in total. The van der Waals surface area contributed by atoms with Crippen LogP contribution in [0.15, 0.2) is 42.5 Å². The first-order chi connectivity index (χ1) is 12.9. The molecule has 2 aromatic carbocycles. The molecule has 2 atom stereocenters. The van der Waals surface area contributed by atoms with Crippen LogP contribution in [-0.2, 0) is 4.79 Å². The van der Waals surface area contributed by atoms with Crippen molar-refractivity contribution >= 4 is 11.6 Å². The lowest BCUT2D eigenvalue weighted by molar-refractivity contribution is -0.709. The minimum atomic E-state index is -0.220. The van der Waals surface area contributed by atoms with Crippen LogP contribution >= 0.6 is 0 Å². The molecule has 146 valence electrons. The average molecular weight is 372 g/mol. The fraction of sp³-hybridized carbons (Fsp3) is 0.409. The summed E-state index contributed by atoms with van der Waals surface area (Å²) >= 11 is 0. The van der Waals surface area contributed by atoms with Crippen LogP contribution in [0.25, 0.3) is 0 Å². The quantitative estimate of drug-likeness (QED) is 0.710. The van der Waals surface area contributed by atoms with Crippen LogP contribution < -0.4 is 20.1 Å². The van der Waals surface area contributed by atoms with Crippen LogP contribution in [0.1, 0.15) is 44.9 Å².